The topological polar surface area (TPSA) is 87.7 Å². The molecule has 1 aromatic heterocycles. The number of carboxylic acids is 1. The third-order valence-electron chi connectivity index (χ3n) is 4.99. The Morgan fingerprint density at radius 3 is 2.50 bits per heavy atom. The molecular formula is C25H16ClFO5. The summed E-state index contributed by atoms with van der Waals surface area (Å²) in [7, 11) is 0. The van der Waals surface area contributed by atoms with E-state index in [4.69, 9.17) is 21.1 Å². The van der Waals surface area contributed by atoms with Gasteiger partial charge in [-0.25, -0.2) is 14.0 Å². The molecule has 0 aliphatic heterocycles. The van der Waals surface area contributed by atoms with Gasteiger partial charge < -0.3 is 14.6 Å². The van der Waals surface area contributed by atoms with Crippen LogP contribution in [0.2, 0.25) is 5.02 Å². The standard InChI is InChI=1S/C25H16ClFO5/c26-20-12-16(6-9-21(20)27)24-19(18-8-7-17(28)13-22(18)32-25(24)31)11-15-3-1-14(2-4-15)5-10-23(29)30/h1-10,12-13,28H,11H2,(H,29,30)/b10-5+. The van der Waals surface area contributed by atoms with Crippen molar-refractivity contribution in [3.05, 3.63) is 105 Å². The fourth-order valence-electron chi connectivity index (χ4n) is 3.50. The van der Waals surface area contributed by atoms with E-state index in [1.54, 1.807) is 18.2 Å². The molecular weight excluding hydrogens is 435 g/mol. The molecule has 0 spiro atoms. The zero-order chi connectivity index (χ0) is 22.8. The first-order chi connectivity index (χ1) is 15.3. The second-order valence-electron chi connectivity index (χ2n) is 7.14. The van der Waals surface area contributed by atoms with E-state index in [1.165, 1.54) is 36.4 Å². The number of fused-ring (bicyclic) bond motifs is 1. The van der Waals surface area contributed by atoms with Crippen LogP contribution in [0.5, 0.6) is 5.75 Å². The molecule has 0 aliphatic carbocycles. The monoisotopic (exact) mass is 450 g/mol. The summed E-state index contributed by atoms with van der Waals surface area (Å²) < 4.78 is 19.1. The van der Waals surface area contributed by atoms with Crippen LogP contribution in [-0.2, 0) is 11.2 Å². The predicted molar refractivity (Wildman–Crippen MR) is 120 cm³/mol. The lowest BCUT2D eigenvalue weighted by Gasteiger charge is -2.13. The first-order valence-corrected chi connectivity index (χ1v) is 9.93. The number of carbonyl (C=O) groups is 1. The van der Waals surface area contributed by atoms with Crippen molar-refractivity contribution in [1.29, 1.82) is 0 Å². The first kappa shape index (κ1) is 21.3. The zero-order valence-corrected chi connectivity index (χ0v) is 17.3. The van der Waals surface area contributed by atoms with Crippen LogP contribution in [-0.4, -0.2) is 16.2 Å². The van der Waals surface area contributed by atoms with Gasteiger partial charge in [0.25, 0.3) is 0 Å². The molecule has 0 unspecified atom stereocenters. The van der Waals surface area contributed by atoms with Crippen molar-refractivity contribution in [3.63, 3.8) is 0 Å². The van der Waals surface area contributed by atoms with Crippen LogP contribution in [0.4, 0.5) is 4.39 Å². The van der Waals surface area contributed by atoms with E-state index in [0.717, 1.165) is 11.6 Å². The van der Waals surface area contributed by atoms with E-state index in [9.17, 15) is 19.1 Å². The Morgan fingerprint density at radius 1 is 1.06 bits per heavy atom. The maximum Gasteiger partial charge on any atom is 0.344 e. The molecule has 0 saturated heterocycles. The van der Waals surface area contributed by atoms with Gasteiger partial charge in [0.1, 0.15) is 17.1 Å². The summed E-state index contributed by atoms with van der Waals surface area (Å²) in [5, 5.41) is 19.1. The second-order valence-corrected chi connectivity index (χ2v) is 7.55. The Morgan fingerprint density at radius 2 is 1.81 bits per heavy atom. The largest absolute Gasteiger partial charge is 0.508 e. The van der Waals surface area contributed by atoms with E-state index in [-0.39, 0.29) is 21.9 Å². The van der Waals surface area contributed by atoms with E-state index in [2.05, 4.69) is 0 Å². The van der Waals surface area contributed by atoms with Crippen LogP contribution >= 0.6 is 11.6 Å². The lowest BCUT2D eigenvalue weighted by Crippen LogP contribution is -2.09. The highest BCUT2D eigenvalue weighted by Crippen LogP contribution is 2.32. The number of benzene rings is 3. The van der Waals surface area contributed by atoms with Crippen molar-refractivity contribution < 1.29 is 23.8 Å². The highest BCUT2D eigenvalue weighted by molar-refractivity contribution is 6.31. The highest BCUT2D eigenvalue weighted by Gasteiger charge is 2.18. The molecule has 0 bridgehead atoms. The number of rotatable bonds is 5. The third kappa shape index (κ3) is 4.40. The molecule has 4 aromatic rings. The molecule has 32 heavy (non-hydrogen) atoms. The summed E-state index contributed by atoms with van der Waals surface area (Å²) in [6.07, 6.45) is 2.86. The molecule has 2 N–H and O–H groups in total. The van der Waals surface area contributed by atoms with Gasteiger partial charge in [0.05, 0.1) is 10.6 Å². The van der Waals surface area contributed by atoms with Crippen LogP contribution in [0.1, 0.15) is 16.7 Å². The number of carboxylic acid groups (broad SMARTS) is 1. The Bertz CT molecular complexity index is 1420. The van der Waals surface area contributed by atoms with E-state index < -0.39 is 17.4 Å². The van der Waals surface area contributed by atoms with Gasteiger partial charge in [-0.2, -0.15) is 0 Å². The number of aliphatic carboxylic acids is 1. The van der Waals surface area contributed by atoms with E-state index in [0.29, 0.717) is 28.5 Å². The normalized spacial score (nSPS) is 11.3. The predicted octanol–water partition coefficient (Wildman–Crippen LogP) is 5.65. The van der Waals surface area contributed by atoms with Crippen molar-refractivity contribution in [1.82, 2.24) is 0 Å². The third-order valence-corrected chi connectivity index (χ3v) is 5.28. The van der Waals surface area contributed by atoms with Gasteiger partial charge >= 0.3 is 11.6 Å². The molecule has 0 amide bonds. The SMILES string of the molecule is O=C(O)/C=C/c1ccc(Cc2c(-c3ccc(F)c(Cl)c3)c(=O)oc3cc(O)ccc23)cc1. The molecule has 0 atom stereocenters. The maximum atomic E-state index is 13.7. The van der Waals surface area contributed by atoms with Gasteiger partial charge in [-0.05, 0) is 59.0 Å². The average molecular weight is 451 g/mol. The van der Waals surface area contributed by atoms with Gasteiger partial charge in [-0.15, -0.1) is 0 Å². The Hall–Kier alpha value is -3.90. The van der Waals surface area contributed by atoms with Crippen molar-refractivity contribution in [2.75, 3.05) is 0 Å². The molecule has 0 saturated carbocycles. The summed E-state index contributed by atoms with van der Waals surface area (Å²) in [6.45, 7) is 0. The number of hydrogen-bond acceptors (Lipinski definition) is 4. The summed E-state index contributed by atoms with van der Waals surface area (Å²) in [4.78, 5) is 23.6. The molecule has 0 aliphatic rings. The van der Waals surface area contributed by atoms with Crippen LogP contribution in [0.3, 0.4) is 0 Å². The Balaban J connectivity index is 1.87. The van der Waals surface area contributed by atoms with E-state index in [1.807, 2.05) is 12.1 Å². The van der Waals surface area contributed by atoms with Crippen LogP contribution in [0.15, 0.2) is 76.0 Å². The van der Waals surface area contributed by atoms with Crippen molar-refractivity contribution in [3.8, 4) is 16.9 Å². The highest BCUT2D eigenvalue weighted by atomic mass is 35.5. The van der Waals surface area contributed by atoms with Gasteiger partial charge in [0, 0.05) is 17.5 Å². The minimum absolute atomic E-state index is 0.0428. The van der Waals surface area contributed by atoms with Gasteiger partial charge in [0.15, 0.2) is 0 Å². The first-order valence-electron chi connectivity index (χ1n) is 9.56. The minimum atomic E-state index is -1.04. The van der Waals surface area contributed by atoms with Crippen LogP contribution in [0, 0.1) is 5.82 Å². The number of phenolic OH excluding ortho intramolecular Hbond substituents is 1. The maximum absolute atomic E-state index is 13.7. The summed E-state index contributed by atoms with van der Waals surface area (Å²) >= 11 is 5.95. The average Bonchev–Trinajstić information content (AvgIpc) is 2.75. The smallest absolute Gasteiger partial charge is 0.344 e. The molecule has 7 heteroatoms. The fraction of sp³-hybridized carbons (Fsp3) is 0.0400. The molecule has 0 radical (unpaired) electrons. The molecule has 3 aromatic carbocycles. The Kier molecular flexibility index (Phi) is 5.79. The molecule has 0 fully saturated rings. The summed E-state index contributed by atoms with van der Waals surface area (Å²) in [5.41, 5.74) is 2.45. The fourth-order valence-corrected chi connectivity index (χ4v) is 3.68. The molecule has 4 rings (SSSR count). The second kappa shape index (κ2) is 8.69. The quantitative estimate of drug-likeness (QED) is 0.303. The Labute approximate surface area is 186 Å². The van der Waals surface area contributed by atoms with Crippen molar-refractivity contribution >= 4 is 34.6 Å². The molecule has 1 heterocycles. The molecule has 160 valence electrons. The lowest BCUT2D eigenvalue weighted by molar-refractivity contribution is -0.131. The van der Waals surface area contributed by atoms with E-state index >= 15 is 0 Å². The number of hydrogen-bond donors (Lipinski definition) is 2. The van der Waals surface area contributed by atoms with Crippen molar-refractivity contribution in [2.24, 2.45) is 0 Å². The number of phenols is 1. The summed E-state index contributed by atoms with van der Waals surface area (Å²) in [5.74, 6) is -1.68. The lowest BCUT2D eigenvalue weighted by atomic mass is 9.93. The van der Waals surface area contributed by atoms with Crippen molar-refractivity contribution in [2.45, 2.75) is 6.42 Å². The van der Waals surface area contributed by atoms with Gasteiger partial charge in [0.2, 0.25) is 0 Å². The minimum Gasteiger partial charge on any atom is -0.508 e. The number of halogens is 2. The van der Waals surface area contributed by atoms with Crippen LogP contribution < -0.4 is 5.63 Å². The zero-order valence-electron chi connectivity index (χ0n) is 16.5. The summed E-state index contributed by atoms with van der Waals surface area (Å²) in [6, 6.07) is 15.7. The van der Waals surface area contributed by atoms with Gasteiger partial charge in [-0.3, -0.25) is 0 Å². The molecule has 5 nitrogen and oxygen atoms in total. The van der Waals surface area contributed by atoms with Crippen LogP contribution in [0.25, 0.3) is 28.2 Å². The van der Waals surface area contributed by atoms with Gasteiger partial charge in [-0.1, -0.05) is 41.9 Å². The number of aromatic hydroxyl groups is 1.